The summed E-state index contributed by atoms with van der Waals surface area (Å²) in [7, 11) is 1.72. The summed E-state index contributed by atoms with van der Waals surface area (Å²) in [5, 5.41) is 0. The van der Waals surface area contributed by atoms with Crippen molar-refractivity contribution in [1.29, 1.82) is 0 Å². The van der Waals surface area contributed by atoms with Gasteiger partial charge in [0.15, 0.2) is 0 Å². The summed E-state index contributed by atoms with van der Waals surface area (Å²) in [6.07, 6.45) is 3.75. The minimum absolute atomic E-state index is 0.174. The van der Waals surface area contributed by atoms with E-state index in [9.17, 15) is 22.0 Å². The predicted molar refractivity (Wildman–Crippen MR) is 380 cm³/mol. The standard InChI is InChI=1S/C14H19F2NO.C14H21NO2.C13H17F2NO.C13H18FNO.C13H19NO.C12H18N2O/c1-10(2)17-6-7-18-9-14(17,3)12-8-11(15)4-5-13(12)16;1-11(2)15-8-9-17-10-13(15)12-6-4-5-7-14(12)16-3;1-9(2)16-5-6-17-8-13(16)11-7-10(14)3-4-12(11)15;1-10(2)15-6-7-16-9-13(15)11-4-3-5-12(14)8-11;1-11(2)14-8-9-15-10-13(14)12-6-4-3-5-7-12;1-10(2)14-6-7-15-9-12(14)11-4-3-5-13-8-11/h4-5,8,10H,6-7,9H2,1-3H3;4-7,11,13H,8-10H2,1-3H3;3-4,7,9,13H,5-6,8H2,1-2H3;3-5,8,10,13H,6-7,9H2,1-2H3;3-7,11,13H,8-10H2,1-2H3;3-5,8,10,12H,6-7,9H2,1-2H3. The average molecular weight is 1370 g/mol. The Morgan fingerprint density at radius 1 is 0.398 bits per heavy atom. The van der Waals surface area contributed by atoms with E-state index in [4.69, 9.17) is 33.2 Å². The molecule has 0 N–H and O–H groups in total. The number of rotatable bonds is 13. The van der Waals surface area contributed by atoms with Gasteiger partial charge in [-0.1, -0.05) is 66.7 Å². The third kappa shape index (κ3) is 22.6. The van der Waals surface area contributed by atoms with Gasteiger partial charge in [0.2, 0.25) is 0 Å². The van der Waals surface area contributed by atoms with Crippen molar-refractivity contribution in [2.45, 2.75) is 162 Å². The highest BCUT2D eigenvalue weighted by molar-refractivity contribution is 5.36. The van der Waals surface area contributed by atoms with E-state index >= 15 is 0 Å². The summed E-state index contributed by atoms with van der Waals surface area (Å²) in [4.78, 5) is 18.3. The maximum absolute atomic E-state index is 14.0. The Bertz CT molecular complexity index is 3180. The summed E-state index contributed by atoms with van der Waals surface area (Å²) in [5.41, 5.74) is 5.00. The van der Waals surface area contributed by atoms with Gasteiger partial charge in [-0.25, -0.2) is 22.0 Å². The van der Waals surface area contributed by atoms with Crippen LogP contribution in [-0.2, 0) is 34.0 Å². The highest BCUT2D eigenvalue weighted by Crippen LogP contribution is 2.37. The molecule has 98 heavy (non-hydrogen) atoms. The van der Waals surface area contributed by atoms with Crippen molar-refractivity contribution in [3.05, 3.63) is 202 Å². The van der Waals surface area contributed by atoms with Crippen molar-refractivity contribution in [2.24, 2.45) is 0 Å². The van der Waals surface area contributed by atoms with Crippen LogP contribution in [-0.4, -0.2) is 196 Å². The number of benzene rings is 5. The molecule has 6 aliphatic rings. The number of methoxy groups -OCH3 is 1. The van der Waals surface area contributed by atoms with Crippen molar-refractivity contribution < 1.29 is 55.1 Å². The smallest absolute Gasteiger partial charge is 0.128 e. The summed E-state index contributed by atoms with van der Waals surface area (Å²) in [6.45, 7) is 41.7. The van der Waals surface area contributed by atoms with E-state index in [1.54, 1.807) is 19.2 Å². The molecular formula is C79H112F5N7O7. The van der Waals surface area contributed by atoms with E-state index in [0.717, 1.165) is 109 Å². The van der Waals surface area contributed by atoms with Gasteiger partial charge >= 0.3 is 0 Å². The van der Waals surface area contributed by atoms with Crippen LogP contribution in [0.15, 0.2) is 140 Å². The monoisotopic (exact) mass is 1370 g/mol. The molecule has 6 aliphatic heterocycles. The first-order valence-electron chi connectivity index (χ1n) is 35.3. The first-order chi connectivity index (χ1) is 47.0. The molecule has 7 heterocycles. The van der Waals surface area contributed by atoms with E-state index in [1.165, 1.54) is 47.0 Å². The molecule has 0 amide bonds. The van der Waals surface area contributed by atoms with Gasteiger partial charge in [-0.15, -0.1) is 0 Å². The van der Waals surface area contributed by atoms with Crippen molar-refractivity contribution in [3.63, 3.8) is 0 Å². The summed E-state index contributed by atoms with van der Waals surface area (Å²) >= 11 is 0. The first kappa shape index (κ1) is 79.5. The van der Waals surface area contributed by atoms with Crippen molar-refractivity contribution in [3.8, 4) is 5.75 Å². The molecule has 14 nitrogen and oxygen atoms in total. The minimum atomic E-state index is -0.612. The average Bonchev–Trinajstić information content (AvgIpc) is 0.770. The van der Waals surface area contributed by atoms with E-state index in [2.05, 4.69) is 166 Å². The molecule has 0 saturated carbocycles. The second kappa shape index (κ2) is 40.0. The van der Waals surface area contributed by atoms with Gasteiger partial charge in [-0.3, -0.25) is 34.4 Å². The number of para-hydroxylation sites is 1. The van der Waals surface area contributed by atoms with Crippen LogP contribution in [0.5, 0.6) is 5.75 Å². The van der Waals surface area contributed by atoms with Gasteiger partial charge in [0.1, 0.15) is 34.8 Å². The number of ether oxygens (including phenoxy) is 7. The Balaban J connectivity index is 0.000000166. The van der Waals surface area contributed by atoms with Crippen LogP contribution in [0.2, 0.25) is 0 Å². The quantitative estimate of drug-likeness (QED) is 0.103. The molecule has 6 aromatic rings. The molecule has 1 aromatic heterocycles. The van der Waals surface area contributed by atoms with Gasteiger partial charge in [0, 0.05) is 105 Å². The lowest BCUT2D eigenvalue weighted by molar-refractivity contribution is -0.0798. The van der Waals surface area contributed by atoms with Crippen LogP contribution in [0.1, 0.15) is 154 Å². The number of pyridine rings is 1. The van der Waals surface area contributed by atoms with Crippen LogP contribution < -0.4 is 4.74 Å². The van der Waals surface area contributed by atoms with Gasteiger partial charge in [-0.2, -0.15) is 0 Å². The van der Waals surface area contributed by atoms with Crippen LogP contribution in [0.4, 0.5) is 22.0 Å². The first-order valence-corrected chi connectivity index (χ1v) is 35.3. The Kier molecular flexibility index (Phi) is 32.5. The molecule has 19 heteroatoms. The van der Waals surface area contributed by atoms with Crippen molar-refractivity contribution in [1.82, 2.24) is 34.4 Å². The molecule has 0 radical (unpaired) electrons. The molecule has 6 fully saturated rings. The fourth-order valence-corrected chi connectivity index (χ4v) is 14.0. The number of halogens is 5. The Morgan fingerprint density at radius 2 is 0.816 bits per heavy atom. The van der Waals surface area contributed by atoms with Crippen molar-refractivity contribution in [2.75, 3.05) is 126 Å². The lowest BCUT2D eigenvalue weighted by Crippen LogP contribution is -2.55. The Morgan fingerprint density at radius 3 is 1.31 bits per heavy atom. The molecule has 0 bridgehead atoms. The highest BCUT2D eigenvalue weighted by atomic mass is 19.1. The van der Waals surface area contributed by atoms with E-state index < -0.39 is 17.2 Å². The fourth-order valence-electron chi connectivity index (χ4n) is 14.0. The molecule has 0 spiro atoms. The van der Waals surface area contributed by atoms with Crippen LogP contribution >= 0.6 is 0 Å². The number of aromatic nitrogens is 1. The van der Waals surface area contributed by atoms with Crippen LogP contribution in [0, 0.1) is 29.1 Å². The fraction of sp³-hybridized carbons (Fsp3) is 0.557. The van der Waals surface area contributed by atoms with E-state index in [0.29, 0.717) is 86.5 Å². The molecular weight excluding hydrogens is 1250 g/mol. The Labute approximate surface area is 582 Å². The topological polar surface area (TPSA) is 96.9 Å². The SMILES string of the molecule is CC(C)N1CCOCC1(C)c1cc(F)ccc1F.CC(C)N1CCOCC1c1cc(F)ccc1F.CC(C)N1CCOCC1c1cccc(F)c1.CC(C)N1CCOCC1c1ccccc1.CC(C)N1CCOCC1c1cccnc1.COc1ccccc1C1COCCN1C(C)C. The van der Waals surface area contributed by atoms with Gasteiger partial charge in [0.05, 0.1) is 122 Å². The largest absolute Gasteiger partial charge is 0.496 e. The lowest BCUT2D eigenvalue weighted by Gasteiger charge is -2.47. The number of hydrogen-bond acceptors (Lipinski definition) is 14. The lowest BCUT2D eigenvalue weighted by atomic mass is 9.88. The molecule has 12 rings (SSSR count). The number of nitrogens with zero attached hydrogens (tertiary/aromatic N) is 7. The minimum Gasteiger partial charge on any atom is -0.496 e. The maximum Gasteiger partial charge on any atom is 0.128 e. The third-order valence-electron chi connectivity index (χ3n) is 19.1. The predicted octanol–water partition coefficient (Wildman–Crippen LogP) is 15.1. The third-order valence-corrected chi connectivity index (χ3v) is 19.1. The normalized spacial score (nSPS) is 23.1. The van der Waals surface area contributed by atoms with Gasteiger partial charge in [0.25, 0.3) is 0 Å². The second-order valence-electron chi connectivity index (χ2n) is 27.5. The Hall–Kier alpha value is -5.78. The van der Waals surface area contributed by atoms with Gasteiger partial charge < -0.3 is 33.2 Å². The van der Waals surface area contributed by atoms with Gasteiger partial charge in [-0.05, 0) is 167 Å². The zero-order chi connectivity index (χ0) is 70.9. The van der Waals surface area contributed by atoms with E-state index in [1.807, 2.05) is 43.6 Å². The van der Waals surface area contributed by atoms with Crippen molar-refractivity contribution >= 4 is 0 Å². The van der Waals surface area contributed by atoms with Crippen LogP contribution in [0.25, 0.3) is 0 Å². The molecule has 540 valence electrons. The number of hydrogen-bond donors (Lipinski definition) is 0. The molecule has 6 saturated heterocycles. The second-order valence-corrected chi connectivity index (χ2v) is 27.5. The molecule has 0 aliphatic carbocycles. The zero-order valence-electron chi connectivity index (χ0n) is 60.7. The summed E-state index contributed by atoms with van der Waals surface area (Å²) in [5.74, 6) is -0.791. The molecule has 6 atom stereocenters. The molecule has 6 unspecified atom stereocenters. The van der Waals surface area contributed by atoms with Crippen LogP contribution in [0.3, 0.4) is 0 Å². The summed E-state index contributed by atoms with van der Waals surface area (Å²) < 4.78 is 106. The van der Waals surface area contributed by atoms with E-state index in [-0.39, 0.29) is 41.6 Å². The highest BCUT2D eigenvalue weighted by Gasteiger charge is 2.41. The zero-order valence-corrected chi connectivity index (χ0v) is 60.7. The summed E-state index contributed by atoms with van der Waals surface area (Å²) in [6, 6.07) is 40.7. The maximum atomic E-state index is 14.0. The number of morpholine rings is 6. The molecule has 5 aromatic carbocycles.